The summed E-state index contributed by atoms with van der Waals surface area (Å²) < 4.78 is 19.1. The van der Waals surface area contributed by atoms with Gasteiger partial charge >= 0.3 is 6.03 Å². The summed E-state index contributed by atoms with van der Waals surface area (Å²) >= 11 is 0. The first kappa shape index (κ1) is 16.7. The summed E-state index contributed by atoms with van der Waals surface area (Å²) in [6, 6.07) is 5.73. The van der Waals surface area contributed by atoms with Gasteiger partial charge in [0.1, 0.15) is 5.82 Å². The zero-order valence-electron chi connectivity index (χ0n) is 13.1. The van der Waals surface area contributed by atoms with Crippen LogP contribution >= 0.6 is 0 Å². The van der Waals surface area contributed by atoms with Gasteiger partial charge < -0.3 is 15.4 Å². The van der Waals surface area contributed by atoms with Gasteiger partial charge in [0, 0.05) is 26.2 Å². The molecule has 2 N–H and O–H groups in total. The molecule has 0 aromatic heterocycles. The largest absolute Gasteiger partial charge is 0.373 e. The van der Waals surface area contributed by atoms with Crippen LogP contribution in [0.2, 0.25) is 0 Å². The van der Waals surface area contributed by atoms with Crippen LogP contribution in [0.1, 0.15) is 20.3 Å². The Hall–Kier alpha value is -1.66. The molecule has 0 radical (unpaired) electrons. The molecule has 1 fully saturated rings. The fourth-order valence-electron chi connectivity index (χ4n) is 2.70. The number of para-hydroxylation sites is 1. The van der Waals surface area contributed by atoms with E-state index in [9.17, 15) is 9.18 Å². The van der Waals surface area contributed by atoms with Crippen molar-refractivity contribution in [1.82, 2.24) is 10.2 Å². The van der Waals surface area contributed by atoms with Gasteiger partial charge in [0.2, 0.25) is 0 Å². The summed E-state index contributed by atoms with van der Waals surface area (Å²) in [5, 5.41) is 5.25. The van der Waals surface area contributed by atoms with Gasteiger partial charge in [-0.15, -0.1) is 0 Å². The Morgan fingerprint density at radius 2 is 2.00 bits per heavy atom. The molecule has 1 heterocycles. The highest BCUT2D eigenvalue weighted by Gasteiger charge is 2.21. The van der Waals surface area contributed by atoms with Gasteiger partial charge in [0.05, 0.1) is 17.9 Å². The zero-order chi connectivity index (χ0) is 15.9. The summed E-state index contributed by atoms with van der Waals surface area (Å²) in [7, 11) is 0. The normalized spacial score (nSPS) is 22.3. The molecule has 2 amide bonds. The third-order valence-corrected chi connectivity index (χ3v) is 3.55. The van der Waals surface area contributed by atoms with Crippen molar-refractivity contribution in [2.24, 2.45) is 0 Å². The highest BCUT2D eigenvalue weighted by atomic mass is 19.1. The second-order valence-corrected chi connectivity index (χ2v) is 5.73. The SMILES string of the molecule is C[C@@H]1CN(CCCNC(=O)Nc2ccccc2F)C[C@H](C)O1. The highest BCUT2D eigenvalue weighted by molar-refractivity contribution is 5.89. The van der Waals surface area contributed by atoms with Crippen LogP contribution < -0.4 is 10.6 Å². The molecule has 122 valence electrons. The molecule has 1 aromatic rings. The lowest BCUT2D eigenvalue weighted by Gasteiger charge is -2.35. The second-order valence-electron chi connectivity index (χ2n) is 5.73. The first-order valence-corrected chi connectivity index (χ1v) is 7.72. The number of anilines is 1. The van der Waals surface area contributed by atoms with Crippen molar-refractivity contribution in [2.45, 2.75) is 32.5 Å². The van der Waals surface area contributed by atoms with Crippen LogP contribution in [0.4, 0.5) is 14.9 Å². The van der Waals surface area contributed by atoms with Crippen molar-refractivity contribution >= 4 is 11.7 Å². The Morgan fingerprint density at radius 1 is 1.32 bits per heavy atom. The Kier molecular flexibility index (Phi) is 6.15. The van der Waals surface area contributed by atoms with Crippen LogP contribution in [0.15, 0.2) is 24.3 Å². The van der Waals surface area contributed by atoms with E-state index in [-0.39, 0.29) is 23.9 Å². The average Bonchev–Trinajstić information content (AvgIpc) is 2.45. The number of carbonyl (C=O) groups excluding carboxylic acids is 1. The van der Waals surface area contributed by atoms with E-state index < -0.39 is 5.82 Å². The maximum Gasteiger partial charge on any atom is 0.319 e. The molecule has 0 spiro atoms. The topological polar surface area (TPSA) is 53.6 Å². The number of hydrogen-bond acceptors (Lipinski definition) is 3. The van der Waals surface area contributed by atoms with Gasteiger partial charge in [-0.05, 0) is 32.4 Å². The highest BCUT2D eigenvalue weighted by Crippen LogP contribution is 2.12. The van der Waals surface area contributed by atoms with Crippen LogP contribution in [-0.2, 0) is 4.74 Å². The van der Waals surface area contributed by atoms with Gasteiger partial charge in [0.25, 0.3) is 0 Å². The number of ether oxygens (including phenoxy) is 1. The van der Waals surface area contributed by atoms with E-state index in [4.69, 9.17) is 4.74 Å². The molecule has 1 aromatic carbocycles. The van der Waals surface area contributed by atoms with E-state index in [2.05, 4.69) is 29.4 Å². The molecule has 2 rings (SSSR count). The molecule has 2 atom stereocenters. The molecule has 22 heavy (non-hydrogen) atoms. The Bertz CT molecular complexity index is 488. The Labute approximate surface area is 130 Å². The molecule has 0 bridgehead atoms. The maximum absolute atomic E-state index is 13.4. The van der Waals surface area contributed by atoms with E-state index in [1.54, 1.807) is 12.1 Å². The van der Waals surface area contributed by atoms with E-state index in [0.29, 0.717) is 6.54 Å². The number of carbonyl (C=O) groups is 1. The molecule has 1 saturated heterocycles. The third-order valence-electron chi connectivity index (χ3n) is 3.55. The van der Waals surface area contributed by atoms with Crippen LogP contribution in [0.25, 0.3) is 0 Å². The zero-order valence-corrected chi connectivity index (χ0v) is 13.1. The fraction of sp³-hybridized carbons (Fsp3) is 0.562. The summed E-state index contributed by atoms with van der Waals surface area (Å²) in [5.41, 5.74) is 0.191. The van der Waals surface area contributed by atoms with E-state index in [1.165, 1.54) is 12.1 Å². The van der Waals surface area contributed by atoms with Crippen LogP contribution in [0.5, 0.6) is 0 Å². The van der Waals surface area contributed by atoms with E-state index in [1.807, 2.05) is 0 Å². The van der Waals surface area contributed by atoms with E-state index in [0.717, 1.165) is 26.1 Å². The second kappa shape index (κ2) is 8.10. The lowest BCUT2D eigenvalue weighted by atomic mass is 10.2. The van der Waals surface area contributed by atoms with Crippen molar-refractivity contribution < 1.29 is 13.9 Å². The summed E-state index contributed by atoms with van der Waals surface area (Å²) in [4.78, 5) is 14.0. The first-order chi connectivity index (χ1) is 10.5. The fourth-order valence-corrected chi connectivity index (χ4v) is 2.70. The number of halogens is 1. The van der Waals surface area contributed by atoms with Gasteiger partial charge in [-0.1, -0.05) is 12.1 Å². The monoisotopic (exact) mass is 309 g/mol. The van der Waals surface area contributed by atoms with Crippen LogP contribution in [-0.4, -0.2) is 49.3 Å². The average molecular weight is 309 g/mol. The standard InChI is InChI=1S/C16H24FN3O2/c1-12-10-20(11-13(2)22-12)9-5-8-18-16(21)19-15-7-4-3-6-14(15)17/h3-4,6-7,12-13H,5,8-11H2,1-2H3,(H2,18,19,21)/t12-,13+. The molecule has 0 unspecified atom stereocenters. The molecule has 0 saturated carbocycles. The van der Waals surface area contributed by atoms with Gasteiger partial charge in [-0.25, -0.2) is 9.18 Å². The minimum Gasteiger partial charge on any atom is -0.373 e. The molecular formula is C16H24FN3O2. The smallest absolute Gasteiger partial charge is 0.319 e. The Morgan fingerprint density at radius 3 is 2.68 bits per heavy atom. The third kappa shape index (κ3) is 5.27. The lowest BCUT2D eigenvalue weighted by Crippen LogP contribution is -2.46. The van der Waals surface area contributed by atoms with Gasteiger partial charge in [-0.2, -0.15) is 0 Å². The Balaban J connectivity index is 1.64. The quantitative estimate of drug-likeness (QED) is 0.822. The van der Waals surface area contributed by atoms with Crippen LogP contribution in [0, 0.1) is 5.82 Å². The van der Waals surface area contributed by atoms with Crippen molar-refractivity contribution in [3.05, 3.63) is 30.1 Å². The molecule has 6 heteroatoms. The molecular weight excluding hydrogens is 285 g/mol. The number of nitrogens with zero attached hydrogens (tertiary/aromatic N) is 1. The van der Waals surface area contributed by atoms with Crippen molar-refractivity contribution in [3.63, 3.8) is 0 Å². The number of amides is 2. The number of morpholine rings is 1. The predicted molar refractivity (Wildman–Crippen MR) is 84.5 cm³/mol. The summed E-state index contributed by atoms with van der Waals surface area (Å²) in [5.74, 6) is -0.436. The van der Waals surface area contributed by atoms with Crippen molar-refractivity contribution in [3.8, 4) is 0 Å². The molecule has 1 aliphatic heterocycles. The number of urea groups is 1. The summed E-state index contributed by atoms with van der Waals surface area (Å²) in [6.45, 7) is 7.46. The maximum atomic E-state index is 13.4. The van der Waals surface area contributed by atoms with Gasteiger partial charge in [-0.3, -0.25) is 4.90 Å². The summed E-state index contributed by atoms with van der Waals surface area (Å²) in [6.07, 6.45) is 1.35. The minimum atomic E-state index is -0.436. The van der Waals surface area contributed by atoms with Crippen molar-refractivity contribution in [2.75, 3.05) is 31.5 Å². The van der Waals surface area contributed by atoms with Crippen molar-refractivity contribution in [1.29, 1.82) is 0 Å². The molecule has 5 nitrogen and oxygen atoms in total. The van der Waals surface area contributed by atoms with E-state index >= 15 is 0 Å². The number of hydrogen-bond donors (Lipinski definition) is 2. The molecule has 0 aliphatic carbocycles. The number of rotatable bonds is 5. The molecule has 1 aliphatic rings. The number of benzene rings is 1. The lowest BCUT2D eigenvalue weighted by molar-refractivity contribution is -0.0679. The van der Waals surface area contributed by atoms with Gasteiger partial charge in [0.15, 0.2) is 0 Å². The van der Waals surface area contributed by atoms with Crippen LogP contribution in [0.3, 0.4) is 0 Å². The predicted octanol–water partition coefficient (Wildman–Crippen LogP) is 2.45. The number of nitrogens with one attached hydrogen (secondary N) is 2. The first-order valence-electron chi connectivity index (χ1n) is 7.72. The minimum absolute atomic E-state index is 0.191.